The van der Waals surface area contributed by atoms with Crippen LogP contribution >= 0.6 is 0 Å². The summed E-state index contributed by atoms with van der Waals surface area (Å²) in [4.78, 5) is 37.8. The lowest BCUT2D eigenvalue weighted by molar-refractivity contribution is -0.167. The standard InChI is InChI=1S/C52H100O6/c1-5-7-9-11-13-15-16-24-29-33-37-41-45-52(55)58-49(46-56-50(53)43-39-35-31-26-14-12-10-8-6-2)47-57-51(54)44-40-36-32-28-25-22-20-18-17-19-21-23-27-30-34-38-42-48(3)4/h48-49H,5-47H2,1-4H3/t49-/m1/s1. The number of carbonyl (C=O) groups is 3. The van der Waals surface area contributed by atoms with Crippen LogP contribution in [0.4, 0.5) is 0 Å². The molecule has 0 fully saturated rings. The summed E-state index contributed by atoms with van der Waals surface area (Å²) >= 11 is 0. The Balaban J connectivity index is 4.21. The predicted octanol–water partition coefficient (Wildman–Crippen LogP) is 16.7. The van der Waals surface area contributed by atoms with E-state index in [-0.39, 0.29) is 31.1 Å². The third kappa shape index (κ3) is 45.5. The summed E-state index contributed by atoms with van der Waals surface area (Å²) < 4.78 is 16.8. The van der Waals surface area contributed by atoms with Crippen molar-refractivity contribution < 1.29 is 28.6 Å². The minimum Gasteiger partial charge on any atom is -0.462 e. The van der Waals surface area contributed by atoms with Gasteiger partial charge in [-0.2, -0.15) is 0 Å². The van der Waals surface area contributed by atoms with Crippen molar-refractivity contribution >= 4 is 17.9 Å². The average Bonchev–Trinajstić information content (AvgIpc) is 3.21. The van der Waals surface area contributed by atoms with Gasteiger partial charge in [-0.15, -0.1) is 0 Å². The van der Waals surface area contributed by atoms with Gasteiger partial charge in [-0.05, 0) is 25.2 Å². The first kappa shape index (κ1) is 56.4. The number of rotatable bonds is 47. The van der Waals surface area contributed by atoms with Crippen molar-refractivity contribution in [2.45, 2.75) is 297 Å². The van der Waals surface area contributed by atoms with E-state index in [4.69, 9.17) is 14.2 Å². The van der Waals surface area contributed by atoms with Gasteiger partial charge in [0.25, 0.3) is 0 Å². The van der Waals surface area contributed by atoms with Gasteiger partial charge in [0, 0.05) is 19.3 Å². The molecular weight excluding hydrogens is 721 g/mol. The molecule has 58 heavy (non-hydrogen) atoms. The van der Waals surface area contributed by atoms with Gasteiger partial charge in [-0.3, -0.25) is 14.4 Å². The molecule has 0 aromatic heterocycles. The Morgan fingerprint density at radius 2 is 0.569 bits per heavy atom. The van der Waals surface area contributed by atoms with E-state index in [0.717, 1.165) is 63.7 Å². The largest absolute Gasteiger partial charge is 0.462 e. The molecule has 0 rings (SSSR count). The molecule has 0 radical (unpaired) electrons. The van der Waals surface area contributed by atoms with Gasteiger partial charge in [0.1, 0.15) is 13.2 Å². The van der Waals surface area contributed by atoms with Crippen LogP contribution in [0.1, 0.15) is 291 Å². The fraction of sp³-hybridized carbons (Fsp3) is 0.942. The molecule has 0 aliphatic rings. The van der Waals surface area contributed by atoms with E-state index in [1.54, 1.807) is 0 Å². The fourth-order valence-electron chi connectivity index (χ4n) is 7.86. The smallest absolute Gasteiger partial charge is 0.306 e. The Hall–Kier alpha value is -1.59. The second-order valence-corrected chi connectivity index (χ2v) is 18.3. The molecule has 0 heterocycles. The van der Waals surface area contributed by atoms with E-state index in [0.29, 0.717) is 19.3 Å². The molecule has 0 aromatic rings. The summed E-state index contributed by atoms with van der Waals surface area (Å²) in [7, 11) is 0. The third-order valence-corrected chi connectivity index (χ3v) is 11.8. The molecule has 0 saturated carbocycles. The predicted molar refractivity (Wildman–Crippen MR) is 247 cm³/mol. The normalized spacial score (nSPS) is 11.9. The molecule has 0 saturated heterocycles. The summed E-state index contributed by atoms with van der Waals surface area (Å²) in [6.07, 6.45) is 48.1. The third-order valence-electron chi connectivity index (χ3n) is 11.8. The first-order valence-electron chi connectivity index (χ1n) is 25.9. The summed E-state index contributed by atoms with van der Waals surface area (Å²) in [6.45, 7) is 9.02. The molecule has 0 bridgehead atoms. The Morgan fingerprint density at radius 3 is 0.845 bits per heavy atom. The number of unbranched alkanes of at least 4 members (excludes halogenated alkanes) is 34. The molecule has 0 aromatic carbocycles. The van der Waals surface area contributed by atoms with Crippen LogP contribution in [0, 0.1) is 5.92 Å². The Morgan fingerprint density at radius 1 is 0.328 bits per heavy atom. The van der Waals surface area contributed by atoms with Crippen LogP contribution in [0.25, 0.3) is 0 Å². The summed E-state index contributed by atoms with van der Waals surface area (Å²) in [5, 5.41) is 0. The van der Waals surface area contributed by atoms with E-state index in [1.807, 2.05) is 0 Å². The molecule has 0 N–H and O–H groups in total. The van der Waals surface area contributed by atoms with Gasteiger partial charge in [-0.25, -0.2) is 0 Å². The van der Waals surface area contributed by atoms with E-state index >= 15 is 0 Å². The van der Waals surface area contributed by atoms with Crippen molar-refractivity contribution in [2.75, 3.05) is 13.2 Å². The van der Waals surface area contributed by atoms with Crippen LogP contribution in [-0.4, -0.2) is 37.2 Å². The van der Waals surface area contributed by atoms with Crippen molar-refractivity contribution in [3.05, 3.63) is 0 Å². The topological polar surface area (TPSA) is 78.9 Å². The monoisotopic (exact) mass is 821 g/mol. The van der Waals surface area contributed by atoms with Crippen LogP contribution in [0.5, 0.6) is 0 Å². The van der Waals surface area contributed by atoms with E-state index in [1.165, 1.54) is 186 Å². The Labute approximate surface area is 361 Å². The zero-order chi connectivity index (χ0) is 42.4. The van der Waals surface area contributed by atoms with Crippen molar-refractivity contribution in [1.82, 2.24) is 0 Å². The van der Waals surface area contributed by atoms with Gasteiger partial charge in [0.05, 0.1) is 0 Å². The number of hydrogen-bond donors (Lipinski definition) is 0. The van der Waals surface area contributed by atoms with Gasteiger partial charge >= 0.3 is 17.9 Å². The lowest BCUT2D eigenvalue weighted by atomic mass is 10.0. The van der Waals surface area contributed by atoms with Gasteiger partial charge in [-0.1, -0.05) is 252 Å². The fourth-order valence-corrected chi connectivity index (χ4v) is 7.86. The highest BCUT2D eigenvalue weighted by molar-refractivity contribution is 5.71. The van der Waals surface area contributed by atoms with E-state index in [2.05, 4.69) is 27.7 Å². The Bertz CT molecular complexity index is 872. The quantitative estimate of drug-likeness (QED) is 0.0346. The van der Waals surface area contributed by atoms with Gasteiger partial charge in [0.15, 0.2) is 6.10 Å². The average molecular weight is 821 g/mol. The molecule has 6 nitrogen and oxygen atoms in total. The minimum atomic E-state index is -0.759. The maximum absolute atomic E-state index is 12.7. The van der Waals surface area contributed by atoms with E-state index < -0.39 is 6.10 Å². The van der Waals surface area contributed by atoms with E-state index in [9.17, 15) is 14.4 Å². The number of hydrogen-bond acceptors (Lipinski definition) is 6. The second-order valence-electron chi connectivity index (χ2n) is 18.3. The highest BCUT2D eigenvalue weighted by atomic mass is 16.6. The van der Waals surface area contributed by atoms with Gasteiger partial charge in [0.2, 0.25) is 0 Å². The second kappa shape index (κ2) is 46.5. The molecule has 1 atom stereocenters. The highest BCUT2D eigenvalue weighted by Crippen LogP contribution is 2.17. The molecule has 0 unspecified atom stereocenters. The first-order valence-corrected chi connectivity index (χ1v) is 25.9. The van der Waals surface area contributed by atoms with Crippen molar-refractivity contribution in [3.8, 4) is 0 Å². The zero-order valence-electron chi connectivity index (χ0n) is 39.5. The number of esters is 3. The summed E-state index contributed by atoms with van der Waals surface area (Å²) in [5.74, 6) is 0.00569. The van der Waals surface area contributed by atoms with Crippen molar-refractivity contribution in [1.29, 1.82) is 0 Å². The maximum Gasteiger partial charge on any atom is 0.306 e. The Kier molecular flexibility index (Phi) is 45.2. The molecule has 344 valence electrons. The van der Waals surface area contributed by atoms with Crippen LogP contribution < -0.4 is 0 Å². The van der Waals surface area contributed by atoms with Crippen LogP contribution in [0.15, 0.2) is 0 Å². The molecular formula is C52H100O6. The van der Waals surface area contributed by atoms with Crippen molar-refractivity contribution in [2.24, 2.45) is 5.92 Å². The lowest BCUT2D eigenvalue weighted by Crippen LogP contribution is -2.30. The minimum absolute atomic E-state index is 0.0627. The van der Waals surface area contributed by atoms with Gasteiger partial charge < -0.3 is 14.2 Å². The molecule has 0 aliphatic carbocycles. The maximum atomic E-state index is 12.7. The number of ether oxygens (including phenoxy) is 3. The summed E-state index contributed by atoms with van der Waals surface area (Å²) in [6, 6.07) is 0. The van der Waals surface area contributed by atoms with Crippen LogP contribution in [-0.2, 0) is 28.6 Å². The molecule has 0 amide bonds. The lowest BCUT2D eigenvalue weighted by Gasteiger charge is -2.18. The molecule has 6 heteroatoms. The van der Waals surface area contributed by atoms with Crippen LogP contribution in [0.2, 0.25) is 0 Å². The number of carbonyl (C=O) groups excluding carboxylic acids is 3. The first-order chi connectivity index (χ1) is 28.4. The molecule has 0 spiro atoms. The molecule has 0 aliphatic heterocycles. The van der Waals surface area contributed by atoms with Crippen LogP contribution in [0.3, 0.4) is 0 Å². The SMILES string of the molecule is CCCCCCCCCCCCCCC(=O)O[C@H](COC(=O)CCCCCCCCCCC)COC(=O)CCCCCCCCCCCCCCCCCCC(C)C. The zero-order valence-corrected chi connectivity index (χ0v) is 39.5. The highest BCUT2D eigenvalue weighted by Gasteiger charge is 2.19. The van der Waals surface area contributed by atoms with Crippen molar-refractivity contribution in [3.63, 3.8) is 0 Å². The summed E-state index contributed by atoms with van der Waals surface area (Å²) in [5.41, 5.74) is 0.